The smallest absolute Gasteiger partial charge is 0.237 e. The molecule has 0 N–H and O–H groups in total. The van der Waals surface area contributed by atoms with Crippen molar-refractivity contribution in [3.63, 3.8) is 0 Å². The molecule has 0 saturated carbocycles. The van der Waals surface area contributed by atoms with Gasteiger partial charge in [0.2, 0.25) is 29.0 Å². The molecule has 6 rings (SSSR count). The maximum atomic E-state index is 13.8. The van der Waals surface area contributed by atoms with Gasteiger partial charge in [-0.15, -0.1) is 0 Å². The highest BCUT2D eigenvalue weighted by Gasteiger charge is 2.74. The predicted octanol–water partition coefficient (Wildman–Crippen LogP) is 3.69. The lowest BCUT2D eigenvalue weighted by Crippen LogP contribution is -2.50. The number of carbonyl (C=O) groups excluding carboxylic acids is 4. The van der Waals surface area contributed by atoms with Crippen LogP contribution in [0, 0.1) is 18.8 Å². The normalized spacial score (nSPS) is 24.7. The van der Waals surface area contributed by atoms with E-state index in [4.69, 9.17) is 4.74 Å². The van der Waals surface area contributed by atoms with Crippen LogP contribution in [0.4, 0.5) is 0 Å². The minimum atomic E-state index is -2.02. The van der Waals surface area contributed by atoms with Gasteiger partial charge in [-0.25, -0.2) is 0 Å². The quantitative estimate of drug-likeness (QED) is 0.448. The van der Waals surface area contributed by atoms with E-state index >= 15 is 0 Å². The number of hydrogen-bond donors (Lipinski definition) is 0. The second-order valence-corrected chi connectivity index (χ2v) is 9.14. The summed E-state index contributed by atoms with van der Waals surface area (Å²) in [6.07, 6.45) is -0.882. The Balaban J connectivity index is 1.48. The van der Waals surface area contributed by atoms with Gasteiger partial charge in [-0.05, 0) is 18.1 Å². The number of benzene rings is 3. The van der Waals surface area contributed by atoms with Crippen LogP contribution in [0.3, 0.4) is 0 Å². The van der Waals surface area contributed by atoms with E-state index in [2.05, 4.69) is 0 Å². The van der Waals surface area contributed by atoms with Gasteiger partial charge in [0.1, 0.15) is 0 Å². The average Bonchev–Trinajstić information content (AvgIpc) is 3.42. The van der Waals surface area contributed by atoms with Crippen molar-refractivity contribution in [3.8, 4) is 0 Å². The van der Waals surface area contributed by atoms with Gasteiger partial charge >= 0.3 is 0 Å². The first kappa shape index (κ1) is 20.7. The summed E-state index contributed by atoms with van der Waals surface area (Å²) in [7, 11) is 0. The van der Waals surface area contributed by atoms with E-state index in [1.165, 1.54) is 4.90 Å². The van der Waals surface area contributed by atoms with Gasteiger partial charge in [0.05, 0.1) is 24.5 Å². The maximum Gasteiger partial charge on any atom is 0.237 e. The van der Waals surface area contributed by atoms with Crippen LogP contribution in [0.2, 0.25) is 0 Å². The van der Waals surface area contributed by atoms with E-state index in [0.29, 0.717) is 5.56 Å². The number of hydrogen-bond acceptors (Lipinski definition) is 5. The number of ether oxygens (including phenoxy) is 1. The number of aryl methyl sites for hydroxylation is 1. The zero-order valence-electron chi connectivity index (χ0n) is 18.4. The molecule has 168 valence electrons. The number of carbonyl (C=O) groups is 4. The summed E-state index contributed by atoms with van der Waals surface area (Å²) in [5.41, 5.74) is 0.963. The number of nitrogens with zero attached hydrogens (tertiary/aromatic N) is 1. The molecular weight excluding hydrogens is 430 g/mol. The molecule has 6 heteroatoms. The fourth-order valence-electron chi connectivity index (χ4n) is 5.55. The van der Waals surface area contributed by atoms with Crippen LogP contribution in [-0.2, 0) is 20.9 Å². The highest BCUT2D eigenvalue weighted by atomic mass is 16.5. The minimum Gasteiger partial charge on any atom is -0.349 e. The van der Waals surface area contributed by atoms with Gasteiger partial charge in [-0.2, -0.15) is 0 Å². The van der Waals surface area contributed by atoms with Crippen LogP contribution in [-0.4, -0.2) is 33.9 Å². The molecule has 3 aromatic carbocycles. The summed E-state index contributed by atoms with van der Waals surface area (Å²) in [5.74, 6) is -4.20. The number of ketones is 2. The molecule has 2 amide bonds. The third kappa shape index (κ3) is 2.66. The van der Waals surface area contributed by atoms with Crippen molar-refractivity contribution in [2.75, 3.05) is 0 Å². The molecule has 1 aliphatic carbocycles. The van der Waals surface area contributed by atoms with Crippen LogP contribution in [0.15, 0.2) is 78.9 Å². The number of Topliss-reactive ketones (excluding diaryl/α,β-unsaturated/α-hetero) is 2. The van der Waals surface area contributed by atoms with Crippen molar-refractivity contribution >= 4 is 23.4 Å². The van der Waals surface area contributed by atoms with Crippen molar-refractivity contribution in [2.45, 2.75) is 25.2 Å². The Bertz CT molecular complexity index is 1330. The molecule has 2 aliphatic heterocycles. The molecule has 0 radical (unpaired) electrons. The third-order valence-electron chi connectivity index (χ3n) is 7.20. The number of imide groups is 1. The van der Waals surface area contributed by atoms with E-state index in [9.17, 15) is 19.2 Å². The molecule has 2 heterocycles. The van der Waals surface area contributed by atoms with Gasteiger partial charge in [-0.3, -0.25) is 24.1 Å². The van der Waals surface area contributed by atoms with Crippen molar-refractivity contribution in [3.05, 3.63) is 107 Å². The largest absolute Gasteiger partial charge is 0.349 e. The lowest BCUT2D eigenvalue weighted by molar-refractivity contribution is -0.145. The molecule has 34 heavy (non-hydrogen) atoms. The number of fused-ring (bicyclic) bond motifs is 3. The summed E-state index contributed by atoms with van der Waals surface area (Å²) < 4.78 is 6.26. The second kappa shape index (κ2) is 7.30. The summed E-state index contributed by atoms with van der Waals surface area (Å²) in [4.78, 5) is 56.0. The van der Waals surface area contributed by atoms with Crippen molar-refractivity contribution < 1.29 is 23.9 Å². The van der Waals surface area contributed by atoms with Crippen LogP contribution in [0.5, 0.6) is 0 Å². The van der Waals surface area contributed by atoms with E-state index in [-0.39, 0.29) is 17.7 Å². The Hall–Kier alpha value is -3.90. The lowest BCUT2D eigenvalue weighted by Gasteiger charge is -2.27. The Kier molecular flexibility index (Phi) is 4.44. The Morgan fingerprint density at radius 3 is 1.97 bits per heavy atom. The SMILES string of the molecule is Cc1ccc(CN2C(=O)[C@@H]3[C@H](c4ccccc4)OC4(C(=O)c5ccccc5C4=O)[C@H]3C2=O)cc1. The molecule has 3 aliphatic rings. The average molecular weight is 451 g/mol. The monoisotopic (exact) mass is 451 g/mol. The zero-order chi connectivity index (χ0) is 23.6. The Labute approximate surface area is 196 Å². The molecule has 2 saturated heterocycles. The Morgan fingerprint density at radius 1 is 0.765 bits per heavy atom. The standard InChI is InChI=1S/C28H21NO5/c1-16-11-13-17(14-12-16)15-29-26(32)21-22(27(29)33)28(34-23(21)18-7-3-2-4-8-18)24(30)19-9-5-6-10-20(19)25(28)31/h2-14,21-23H,15H2,1H3/t21-,22+,23-/m0/s1. The fraction of sp³-hybridized carbons (Fsp3) is 0.214. The van der Waals surface area contributed by atoms with Crippen LogP contribution in [0.1, 0.15) is 43.5 Å². The third-order valence-corrected chi connectivity index (χ3v) is 7.20. The first-order chi connectivity index (χ1) is 16.4. The summed E-state index contributed by atoms with van der Waals surface area (Å²) in [6, 6.07) is 23.1. The van der Waals surface area contributed by atoms with Crippen LogP contribution < -0.4 is 0 Å². The van der Waals surface area contributed by atoms with Gasteiger partial charge in [0.15, 0.2) is 0 Å². The molecule has 3 aromatic rings. The number of amides is 2. The molecule has 0 unspecified atom stereocenters. The summed E-state index contributed by atoms with van der Waals surface area (Å²) in [5, 5.41) is 0. The molecule has 0 bridgehead atoms. The second-order valence-electron chi connectivity index (χ2n) is 9.14. The van der Waals surface area contributed by atoms with Gasteiger partial charge < -0.3 is 4.74 Å². The fourth-order valence-corrected chi connectivity index (χ4v) is 5.55. The van der Waals surface area contributed by atoms with E-state index in [1.807, 2.05) is 37.3 Å². The van der Waals surface area contributed by atoms with E-state index in [1.54, 1.807) is 48.5 Å². The zero-order valence-corrected chi connectivity index (χ0v) is 18.4. The van der Waals surface area contributed by atoms with E-state index in [0.717, 1.165) is 11.1 Å². The molecule has 0 aromatic heterocycles. The van der Waals surface area contributed by atoms with Crippen molar-refractivity contribution in [1.82, 2.24) is 4.90 Å². The van der Waals surface area contributed by atoms with E-state index < -0.39 is 46.9 Å². The van der Waals surface area contributed by atoms with Gasteiger partial charge in [0, 0.05) is 11.1 Å². The van der Waals surface area contributed by atoms with Crippen molar-refractivity contribution in [1.29, 1.82) is 0 Å². The van der Waals surface area contributed by atoms with Gasteiger partial charge in [0.25, 0.3) is 0 Å². The number of likely N-dealkylation sites (tertiary alicyclic amines) is 1. The molecule has 1 spiro atoms. The predicted molar refractivity (Wildman–Crippen MR) is 122 cm³/mol. The summed E-state index contributed by atoms with van der Waals surface area (Å²) >= 11 is 0. The number of rotatable bonds is 3. The highest BCUT2D eigenvalue weighted by Crippen LogP contribution is 2.57. The summed E-state index contributed by atoms with van der Waals surface area (Å²) in [6.45, 7) is 2.04. The van der Waals surface area contributed by atoms with Crippen molar-refractivity contribution in [2.24, 2.45) is 11.8 Å². The molecular formula is C28H21NO5. The van der Waals surface area contributed by atoms with Crippen LogP contribution >= 0.6 is 0 Å². The highest BCUT2D eigenvalue weighted by molar-refractivity contribution is 6.35. The molecule has 3 atom stereocenters. The minimum absolute atomic E-state index is 0.0812. The first-order valence-electron chi connectivity index (χ1n) is 11.3. The van der Waals surface area contributed by atoms with Gasteiger partial charge in [-0.1, -0.05) is 84.4 Å². The molecule has 6 nitrogen and oxygen atoms in total. The topological polar surface area (TPSA) is 80.8 Å². The molecule has 2 fully saturated rings. The van der Waals surface area contributed by atoms with Crippen LogP contribution in [0.25, 0.3) is 0 Å². The maximum absolute atomic E-state index is 13.8. The Morgan fingerprint density at radius 2 is 1.35 bits per heavy atom. The lowest BCUT2D eigenvalue weighted by atomic mass is 9.77. The first-order valence-corrected chi connectivity index (χ1v) is 11.3.